The minimum atomic E-state index is -0.138. The molecular formula is C16H20N2O3. The molecule has 1 aromatic rings. The van der Waals surface area contributed by atoms with Crippen molar-refractivity contribution < 1.29 is 14.4 Å². The molecule has 5 heteroatoms. The SMILES string of the molecule is CC(C)c1ccc2c(c1)CNC2=O.O=C1CCCC(=O)N1. The fourth-order valence-corrected chi connectivity index (χ4v) is 2.30. The number of fused-ring (bicyclic) bond motifs is 1. The topological polar surface area (TPSA) is 75.3 Å². The Morgan fingerprint density at radius 2 is 1.71 bits per heavy atom. The summed E-state index contributed by atoms with van der Waals surface area (Å²) >= 11 is 0. The summed E-state index contributed by atoms with van der Waals surface area (Å²) in [6, 6.07) is 6.08. The number of carbonyl (C=O) groups excluding carboxylic acids is 3. The van der Waals surface area contributed by atoms with Crippen molar-refractivity contribution in [3.63, 3.8) is 0 Å². The van der Waals surface area contributed by atoms with Crippen molar-refractivity contribution in [2.24, 2.45) is 0 Å². The molecule has 0 unspecified atom stereocenters. The van der Waals surface area contributed by atoms with Gasteiger partial charge in [0.1, 0.15) is 0 Å². The van der Waals surface area contributed by atoms with Gasteiger partial charge in [0, 0.05) is 24.9 Å². The molecule has 1 fully saturated rings. The molecule has 2 aliphatic rings. The van der Waals surface area contributed by atoms with Crippen molar-refractivity contribution in [1.29, 1.82) is 0 Å². The highest BCUT2D eigenvalue weighted by atomic mass is 16.2. The third-order valence-electron chi connectivity index (χ3n) is 3.57. The van der Waals surface area contributed by atoms with Gasteiger partial charge >= 0.3 is 0 Å². The highest BCUT2D eigenvalue weighted by Crippen LogP contribution is 2.21. The maximum atomic E-state index is 11.2. The average Bonchev–Trinajstić information content (AvgIpc) is 2.80. The Balaban J connectivity index is 0.000000173. The Kier molecular flexibility index (Phi) is 4.73. The molecule has 2 heterocycles. The number of piperidine rings is 1. The maximum Gasteiger partial charge on any atom is 0.251 e. The molecule has 3 amide bonds. The summed E-state index contributed by atoms with van der Waals surface area (Å²) in [7, 11) is 0. The molecule has 3 rings (SSSR count). The van der Waals surface area contributed by atoms with Crippen molar-refractivity contribution in [3.05, 3.63) is 34.9 Å². The van der Waals surface area contributed by atoms with Gasteiger partial charge in [-0.2, -0.15) is 0 Å². The Labute approximate surface area is 124 Å². The summed E-state index contributed by atoms with van der Waals surface area (Å²) in [5.41, 5.74) is 3.27. The Morgan fingerprint density at radius 1 is 1.05 bits per heavy atom. The lowest BCUT2D eigenvalue weighted by Crippen LogP contribution is -2.33. The van der Waals surface area contributed by atoms with E-state index in [2.05, 4.69) is 30.5 Å². The van der Waals surface area contributed by atoms with Gasteiger partial charge in [-0.05, 0) is 29.5 Å². The number of hydrogen-bond acceptors (Lipinski definition) is 3. The van der Waals surface area contributed by atoms with Crippen molar-refractivity contribution in [2.75, 3.05) is 0 Å². The van der Waals surface area contributed by atoms with Crippen LogP contribution in [-0.4, -0.2) is 17.7 Å². The quantitative estimate of drug-likeness (QED) is 0.775. The second-order valence-corrected chi connectivity index (χ2v) is 5.58. The van der Waals surface area contributed by atoms with Gasteiger partial charge in [0.15, 0.2) is 0 Å². The Morgan fingerprint density at radius 3 is 2.24 bits per heavy atom. The summed E-state index contributed by atoms with van der Waals surface area (Å²) in [6.45, 7) is 5.01. The third kappa shape index (κ3) is 3.90. The minimum Gasteiger partial charge on any atom is -0.348 e. The van der Waals surface area contributed by atoms with E-state index in [4.69, 9.17) is 0 Å². The smallest absolute Gasteiger partial charge is 0.251 e. The van der Waals surface area contributed by atoms with Crippen LogP contribution < -0.4 is 10.6 Å². The van der Waals surface area contributed by atoms with Crippen LogP contribution in [0.1, 0.15) is 60.5 Å². The van der Waals surface area contributed by atoms with Crippen LogP contribution in [0.3, 0.4) is 0 Å². The highest BCUT2D eigenvalue weighted by molar-refractivity contribution is 5.98. The molecule has 0 radical (unpaired) electrons. The van der Waals surface area contributed by atoms with E-state index < -0.39 is 0 Å². The monoisotopic (exact) mass is 288 g/mol. The van der Waals surface area contributed by atoms with Gasteiger partial charge in [-0.25, -0.2) is 0 Å². The predicted molar refractivity (Wildman–Crippen MR) is 78.7 cm³/mol. The normalized spacial score (nSPS) is 16.8. The van der Waals surface area contributed by atoms with Crippen LogP contribution in [0.5, 0.6) is 0 Å². The molecule has 1 saturated heterocycles. The summed E-state index contributed by atoms with van der Waals surface area (Å²) in [5.74, 6) is 0.314. The van der Waals surface area contributed by atoms with Crippen LogP contribution >= 0.6 is 0 Å². The van der Waals surface area contributed by atoms with Crippen molar-refractivity contribution in [3.8, 4) is 0 Å². The van der Waals surface area contributed by atoms with Gasteiger partial charge in [0.25, 0.3) is 5.91 Å². The molecule has 0 spiro atoms. The highest BCUT2D eigenvalue weighted by Gasteiger charge is 2.18. The number of rotatable bonds is 1. The van der Waals surface area contributed by atoms with Gasteiger partial charge in [-0.15, -0.1) is 0 Å². The zero-order valence-corrected chi connectivity index (χ0v) is 12.4. The largest absolute Gasteiger partial charge is 0.348 e. The Bertz CT molecular complexity index is 565. The van der Waals surface area contributed by atoms with E-state index in [1.807, 2.05) is 12.1 Å². The van der Waals surface area contributed by atoms with Gasteiger partial charge < -0.3 is 5.32 Å². The Hall–Kier alpha value is -2.17. The second-order valence-electron chi connectivity index (χ2n) is 5.58. The van der Waals surface area contributed by atoms with Crippen molar-refractivity contribution in [1.82, 2.24) is 10.6 Å². The standard InChI is InChI=1S/C11H13NO.C5H7NO2/c1-7(2)8-3-4-10-9(5-8)6-12-11(10)13;7-4-2-1-3-5(8)6-4/h3-5,7H,6H2,1-2H3,(H,12,13);1-3H2,(H,6,7,8). The molecule has 0 atom stereocenters. The van der Waals surface area contributed by atoms with E-state index in [-0.39, 0.29) is 17.7 Å². The lowest BCUT2D eigenvalue weighted by Gasteiger charge is -2.07. The first-order chi connectivity index (χ1) is 9.97. The molecular weight excluding hydrogens is 268 g/mol. The minimum absolute atomic E-state index is 0.0605. The molecule has 21 heavy (non-hydrogen) atoms. The molecule has 0 aliphatic carbocycles. The number of imide groups is 1. The van der Waals surface area contributed by atoms with Gasteiger partial charge in [-0.1, -0.05) is 26.0 Å². The molecule has 2 N–H and O–H groups in total. The van der Waals surface area contributed by atoms with Crippen molar-refractivity contribution in [2.45, 2.75) is 45.6 Å². The molecule has 5 nitrogen and oxygen atoms in total. The lowest BCUT2D eigenvalue weighted by molar-refractivity contribution is -0.132. The molecule has 0 aromatic heterocycles. The fourth-order valence-electron chi connectivity index (χ4n) is 2.30. The van der Waals surface area contributed by atoms with Crippen LogP contribution in [0.4, 0.5) is 0 Å². The zero-order valence-electron chi connectivity index (χ0n) is 12.4. The van der Waals surface area contributed by atoms with E-state index in [1.165, 1.54) is 5.56 Å². The fraction of sp³-hybridized carbons (Fsp3) is 0.438. The number of carbonyl (C=O) groups is 3. The third-order valence-corrected chi connectivity index (χ3v) is 3.57. The molecule has 0 bridgehead atoms. The number of amides is 3. The number of nitrogens with one attached hydrogen (secondary N) is 2. The van der Waals surface area contributed by atoms with Crippen LogP contribution in [0.2, 0.25) is 0 Å². The second kappa shape index (κ2) is 6.52. The van der Waals surface area contributed by atoms with E-state index >= 15 is 0 Å². The van der Waals surface area contributed by atoms with Gasteiger partial charge in [0.2, 0.25) is 11.8 Å². The average molecular weight is 288 g/mol. The first-order valence-corrected chi connectivity index (χ1v) is 7.21. The van der Waals surface area contributed by atoms with E-state index in [9.17, 15) is 14.4 Å². The lowest BCUT2D eigenvalue weighted by atomic mass is 9.98. The van der Waals surface area contributed by atoms with Gasteiger partial charge in [-0.3, -0.25) is 19.7 Å². The summed E-state index contributed by atoms with van der Waals surface area (Å²) in [4.78, 5) is 31.9. The first kappa shape index (κ1) is 15.2. The van der Waals surface area contributed by atoms with Gasteiger partial charge in [0.05, 0.1) is 0 Å². The summed E-state index contributed by atoms with van der Waals surface area (Å²) in [6.07, 6.45) is 1.72. The van der Waals surface area contributed by atoms with E-state index in [0.717, 1.165) is 11.1 Å². The van der Waals surface area contributed by atoms with E-state index in [1.54, 1.807) is 0 Å². The van der Waals surface area contributed by atoms with Crippen molar-refractivity contribution >= 4 is 17.7 Å². The molecule has 112 valence electrons. The van der Waals surface area contributed by atoms with Crippen LogP contribution in [-0.2, 0) is 16.1 Å². The predicted octanol–water partition coefficient (Wildman–Crippen LogP) is 1.87. The van der Waals surface area contributed by atoms with E-state index in [0.29, 0.717) is 31.7 Å². The van der Waals surface area contributed by atoms with Crippen LogP contribution in [0, 0.1) is 0 Å². The number of benzene rings is 1. The number of hydrogen-bond donors (Lipinski definition) is 2. The summed E-state index contributed by atoms with van der Waals surface area (Å²) in [5, 5.41) is 5.01. The molecule has 1 aromatic carbocycles. The van der Waals surface area contributed by atoms with Crippen LogP contribution in [0.25, 0.3) is 0 Å². The van der Waals surface area contributed by atoms with Crippen LogP contribution in [0.15, 0.2) is 18.2 Å². The first-order valence-electron chi connectivity index (χ1n) is 7.21. The molecule has 2 aliphatic heterocycles. The maximum absolute atomic E-state index is 11.2. The molecule has 0 saturated carbocycles. The zero-order chi connectivity index (χ0) is 15.4. The summed E-state index contributed by atoms with van der Waals surface area (Å²) < 4.78 is 0.